The van der Waals surface area contributed by atoms with Gasteiger partial charge in [-0.05, 0) is 50.2 Å². The van der Waals surface area contributed by atoms with E-state index in [9.17, 15) is 0 Å². The second-order valence-corrected chi connectivity index (χ2v) is 6.00. The number of nitrogens with one attached hydrogen (secondary N) is 1. The minimum atomic E-state index is 0.719. The molecule has 0 aliphatic carbocycles. The van der Waals surface area contributed by atoms with Gasteiger partial charge in [-0.3, -0.25) is 4.90 Å². The number of rotatable bonds is 5. The Morgan fingerprint density at radius 2 is 1.78 bits per heavy atom. The number of para-hydroxylation sites is 3. The summed E-state index contributed by atoms with van der Waals surface area (Å²) in [5.41, 5.74) is 3.05. The maximum absolute atomic E-state index is 6.05. The minimum absolute atomic E-state index is 0.719. The number of imidazole rings is 1. The molecule has 1 fully saturated rings. The van der Waals surface area contributed by atoms with Crippen molar-refractivity contribution >= 4 is 11.0 Å². The Labute approximate surface area is 136 Å². The molecule has 0 amide bonds. The molecule has 4 nitrogen and oxygen atoms in total. The molecule has 0 radical (unpaired) electrons. The Morgan fingerprint density at radius 3 is 2.65 bits per heavy atom. The molecule has 1 N–H and O–H groups in total. The van der Waals surface area contributed by atoms with Crippen molar-refractivity contribution in [1.29, 1.82) is 0 Å². The van der Waals surface area contributed by atoms with Crippen LogP contribution in [0.5, 0.6) is 5.75 Å². The first-order valence-corrected chi connectivity index (χ1v) is 8.29. The molecule has 23 heavy (non-hydrogen) atoms. The van der Waals surface area contributed by atoms with Gasteiger partial charge in [0.15, 0.2) is 0 Å². The summed E-state index contributed by atoms with van der Waals surface area (Å²) in [7, 11) is 0. The van der Waals surface area contributed by atoms with Gasteiger partial charge in [0.1, 0.15) is 18.2 Å². The van der Waals surface area contributed by atoms with Gasteiger partial charge >= 0.3 is 0 Å². The highest BCUT2D eigenvalue weighted by molar-refractivity contribution is 5.80. The van der Waals surface area contributed by atoms with Crippen LogP contribution >= 0.6 is 0 Å². The van der Waals surface area contributed by atoms with Crippen molar-refractivity contribution in [3.8, 4) is 17.1 Å². The number of benzene rings is 2. The Kier molecular flexibility index (Phi) is 3.99. The van der Waals surface area contributed by atoms with Gasteiger partial charge < -0.3 is 9.72 Å². The molecule has 1 aromatic heterocycles. The Morgan fingerprint density at radius 1 is 1.00 bits per heavy atom. The molecule has 3 aromatic rings. The molecule has 1 saturated heterocycles. The summed E-state index contributed by atoms with van der Waals surface area (Å²) >= 11 is 0. The van der Waals surface area contributed by atoms with Crippen molar-refractivity contribution in [3.63, 3.8) is 0 Å². The minimum Gasteiger partial charge on any atom is -0.491 e. The lowest BCUT2D eigenvalue weighted by Gasteiger charge is -2.16. The molecule has 1 aliphatic rings. The van der Waals surface area contributed by atoms with E-state index in [4.69, 9.17) is 4.74 Å². The first-order valence-electron chi connectivity index (χ1n) is 8.29. The summed E-state index contributed by atoms with van der Waals surface area (Å²) in [6.45, 7) is 4.12. The predicted molar refractivity (Wildman–Crippen MR) is 92.7 cm³/mol. The van der Waals surface area contributed by atoms with Crippen molar-refractivity contribution < 1.29 is 4.74 Å². The van der Waals surface area contributed by atoms with E-state index in [1.54, 1.807) is 0 Å². The summed E-state index contributed by atoms with van der Waals surface area (Å²) in [6, 6.07) is 16.2. The topological polar surface area (TPSA) is 41.1 Å². The van der Waals surface area contributed by atoms with E-state index in [-0.39, 0.29) is 0 Å². The van der Waals surface area contributed by atoms with Crippen LogP contribution in [0.3, 0.4) is 0 Å². The van der Waals surface area contributed by atoms with Crippen LogP contribution in [0.2, 0.25) is 0 Å². The zero-order valence-corrected chi connectivity index (χ0v) is 13.2. The van der Waals surface area contributed by atoms with E-state index < -0.39 is 0 Å². The first-order chi connectivity index (χ1) is 11.4. The fourth-order valence-corrected chi connectivity index (χ4v) is 3.16. The fraction of sp³-hybridized carbons (Fsp3) is 0.316. The highest BCUT2D eigenvalue weighted by Gasteiger charge is 2.13. The summed E-state index contributed by atoms with van der Waals surface area (Å²) in [5.74, 6) is 1.76. The highest BCUT2D eigenvalue weighted by Crippen LogP contribution is 2.29. The lowest BCUT2D eigenvalue weighted by molar-refractivity contribution is 0.238. The predicted octanol–water partition coefficient (Wildman–Crippen LogP) is 3.70. The summed E-state index contributed by atoms with van der Waals surface area (Å²) in [6.07, 6.45) is 2.63. The summed E-state index contributed by atoms with van der Waals surface area (Å²) in [5, 5.41) is 0. The molecular formula is C19H21N3O. The number of hydrogen-bond donors (Lipinski definition) is 1. The van der Waals surface area contributed by atoms with Gasteiger partial charge in [0.2, 0.25) is 0 Å². The SMILES string of the molecule is c1ccc(-c2nc3ccccc3[nH]2)c(OCCN2CCCC2)c1. The third-order valence-corrected chi connectivity index (χ3v) is 4.40. The summed E-state index contributed by atoms with van der Waals surface area (Å²) < 4.78 is 6.05. The van der Waals surface area contributed by atoms with Crippen molar-refractivity contribution in [2.75, 3.05) is 26.2 Å². The normalized spacial score (nSPS) is 15.3. The molecule has 2 aromatic carbocycles. The average molecular weight is 307 g/mol. The van der Waals surface area contributed by atoms with Gasteiger partial charge in [0, 0.05) is 6.54 Å². The maximum atomic E-state index is 6.05. The molecule has 0 bridgehead atoms. The van der Waals surface area contributed by atoms with E-state index in [1.165, 1.54) is 25.9 Å². The van der Waals surface area contributed by atoms with Gasteiger partial charge in [-0.25, -0.2) is 4.98 Å². The highest BCUT2D eigenvalue weighted by atomic mass is 16.5. The van der Waals surface area contributed by atoms with Gasteiger partial charge in [-0.1, -0.05) is 24.3 Å². The van der Waals surface area contributed by atoms with Crippen LogP contribution in [0.25, 0.3) is 22.4 Å². The smallest absolute Gasteiger partial charge is 0.142 e. The van der Waals surface area contributed by atoms with Crippen molar-refractivity contribution in [3.05, 3.63) is 48.5 Å². The monoisotopic (exact) mass is 307 g/mol. The molecule has 1 aliphatic heterocycles. The van der Waals surface area contributed by atoms with Crippen LogP contribution in [-0.2, 0) is 0 Å². The van der Waals surface area contributed by atoms with Crippen molar-refractivity contribution in [1.82, 2.24) is 14.9 Å². The quantitative estimate of drug-likeness (QED) is 0.781. The molecule has 0 unspecified atom stereocenters. The first kappa shape index (κ1) is 14.3. The molecule has 4 rings (SSSR count). The van der Waals surface area contributed by atoms with Gasteiger partial charge in [-0.15, -0.1) is 0 Å². The number of fused-ring (bicyclic) bond motifs is 1. The molecule has 2 heterocycles. The van der Waals surface area contributed by atoms with Gasteiger partial charge in [-0.2, -0.15) is 0 Å². The Balaban J connectivity index is 1.53. The maximum Gasteiger partial charge on any atom is 0.142 e. The van der Waals surface area contributed by atoms with Crippen LogP contribution < -0.4 is 4.74 Å². The number of ether oxygens (including phenoxy) is 1. The van der Waals surface area contributed by atoms with E-state index >= 15 is 0 Å². The van der Waals surface area contributed by atoms with Crippen LogP contribution in [0.15, 0.2) is 48.5 Å². The third-order valence-electron chi connectivity index (χ3n) is 4.40. The van der Waals surface area contributed by atoms with Crippen LogP contribution in [0.4, 0.5) is 0 Å². The molecule has 118 valence electrons. The summed E-state index contributed by atoms with van der Waals surface area (Å²) in [4.78, 5) is 10.5. The Hall–Kier alpha value is -2.33. The third kappa shape index (κ3) is 3.08. The number of likely N-dealkylation sites (tertiary alicyclic amines) is 1. The van der Waals surface area contributed by atoms with Crippen molar-refractivity contribution in [2.24, 2.45) is 0 Å². The largest absolute Gasteiger partial charge is 0.491 e. The van der Waals surface area contributed by atoms with Crippen molar-refractivity contribution in [2.45, 2.75) is 12.8 Å². The Bertz CT molecular complexity index is 757. The molecule has 0 spiro atoms. The van der Waals surface area contributed by atoms with Crippen LogP contribution in [0, 0.1) is 0 Å². The second kappa shape index (κ2) is 6.42. The number of aromatic amines is 1. The lowest BCUT2D eigenvalue weighted by Crippen LogP contribution is -2.25. The fourth-order valence-electron chi connectivity index (χ4n) is 3.16. The van der Waals surface area contributed by atoms with E-state index in [2.05, 4.69) is 20.9 Å². The van der Waals surface area contributed by atoms with E-state index in [1.807, 2.05) is 42.5 Å². The van der Waals surface area contributed by atoms with Gasteiger partial charge in [0.05, 0.1) is 16.6 Å². The number of H-pyrrole nitrogens is 1. The van der Waals surface area contributed by atoms with Crippen LogP contribution in [-0.4, -0.2) is 41.1 Å². The number of aromatic nitrogens is 2. The second-order valence-electron chi connectivity index (χ2n) is 6.00. The lowest BCUT2D eigenvalue weighted by atomic mass is 10.2. The molecule has 0 atom stereocenters. The van der Waals surface area contributed by atoms with E-state index in [0.717, 1.165) is 41.3 Å². The zero-order valence-electron chi connectivity index (χ0n) is 13.2. The molecular weight excluding hydrogens is 286 g/mol. The van der Waals surface area contributed by atoms with Gasteiger partial charge in [0.25, 0.3) is 0 Å². The number of hydrogen-bond acceptors (Lipinski definition) is 3. The van der Waals surface area contributed by atoms with E-state index in [0.29, 0.717) is 0 Å². The standard InChI is InChI=1S/C19H21N3O/c1-4-10-18(23-14-13-22-11-5-6-12-22)15(7-1)19-20-16-8-2-3-9-17(16)21-19/h1-4,7-10H,5-6,11-14H2,(H,20,21). The molecule has 0 saturated carbocycles. The molecule has 4 heteroatoms. The van der Waals surface area contributed by atoms with Crippen LogP contribution in [0.1, 0.15) is 12.8 Å². The zero-order chi connectivity index (χ0) is 15.5. The number of nitrogens with zero attached hydrogens (tertiary/aromatic N) is 2. The average Bonchev–Trinajstić information content (AvgIpc) is 3.24.